The first kappa shape index (κ1) is 13.0. The molecule has 94 valence electrons. The second-order valence-electron chi connectivity index (χ2n) is 3.95. The number of rotatable bonds is 4. The summed E-state index contributed by atoms with van der Waals surface area (Å²) in [5.74, 6) is -1.10. The lowest BCUT2D eigenvalue weighted by Gasteiger charge is -2.07. The Hall–Kier alpha value is -1.45. The van der Waals surface area contributed by atoms with Crippen molar-refractivity contribution in [3.63, 3.8) is 0 Å². The monoisotopic (exact) mass is 267 g/mol. The predicted molar refractivity (Wildman–Crippen MR) is 68.4 cm³/mol. The molecule has 0 atom stereocenters. The smallest absolute Gasteiger partial charge is 0.142 e. The zero-order valence-electron chi connectivity index (χ0n) is 9.59. The van der Waals surface area contributed by atoms with Crippen LogP contribution in [0.2, 0.25) is 5.02 Å². The average molecular weight is 268 g/mol. The Morgan fingerprint density at radius 3 is 2.39 bits per heavy atom. The molecule has 1 N–H and O–H groups in total. The molecule has 2 rings (SSSR count). The fraction of sp³-hybridized carbons (Fsp3) is 0.143. The van der Waals surface area contributed by atoms with Crippen molar-refractivity contribution in [3.05, 3.63) is 70.2 Å². The van der Waals surface area contributed by atoms with Gasteiger partial charge in [-0.05, 0) is 17.7 Å². The van der Waals surface area contributed by atoms with Crippen molar-refractivity contribution in [2.24, 2.45) is 0 Å². The Labute approximate surface area is 109 Å². The molecule has 0 heterocycles. The van der Waals surface area contributed by atoms with E-state index in [1.807, 2.05) is 30.3 Å². The van der Waals surface area contributed by atoms with Gasteiger partial charge >= 0.3 is 0 Å². The molecule has 0 unspecified atom stereocenters. The maximum absolute atomic E-state index is 13.5. The summed E-state index contributed by atoms with van der Waals surface area (Å²) in [5, 5.41) is 2.86. The van der Waals surface area contributed by atoms with Crippen LogP contribution >= 0.6 is 11.6 Å². The van der Waals surface area contributed by atoms with Gasteiger partial charge in [0, 0.05) is 18.7 Å². The SMILES string of the molecule is Fc1cc(CNCc2ccccc2)c(F)cc1Cl. The van der Waals surface area contributed by atoms with E-state index in [1.165, 1.54) is 0 Å². The number of benzene rings is 2. The fourth-order valence-electron chi connectivity index (χ4n) is 1.64. The summed E-state index contributed by atoms with van der Waals surface area (Å²) in [5.41, 5.74) is 1.36. The van der Waals surface area contributed by atoms with Crippen LogP contribution in [0, 0.1) is 11.6 Å². The Morgan fingerprint density at radius 2 is 1.67 bits per heavy atom. The van der Waals surface area contributed by atoms with Gasteiger partial charge in [-0.2, -0.15) is 0 Å². The van der Waals surface area contributed by atoms with E-state index in [1.54, 1.807) is 0 Å². The minimum Gasteiger partial charge on any atom is -0.309 e. The Bertz CT molecular complexity index is 529. The molecule has 0 aliphatic rings. The van der Waals surface area contributed by atoms with Gasteiger partial charge in [-0.15, -0.1) is 0 Å². The van der Waals surface area contributed by atoms with E-state index in [2.05, 4.69) is 5.32 Å². The van der Waals surface area contributed by atoms with Gasteiger partial charge in [-0.1, -0.05) is 41.9 Å². The van der Waals surface area contributed by atoms with E-state index >= 15 is 0 Å². The van der Waals surface area contributed by atoms with Crippen LogP contribution in [0.1, 0.15) is 11.1 Å². The van der Waals surface area contributed by atoms with Crippen LogP contribution in [-0.4, -0.2) is 0 Å². The van der Waals surface area contributed by atoms with Gasteiger partial charge in [0.1, 0.15) is 11.6 Å². The lowest BCUT2D eigenvalue weighted by atomic mass is 10.2. The number of halogens is 3. The highest BCUT2D eigenvalue weighted by Crippen LogP contribution is 2.19. The zero-order chi connectivity index (χ0) is 13.0. The van der Waals surface area contributed by atoms with E-state index < -0.39 is 11.6 Å². The molecule has 0 bridgehead atoms. The summed E-state index contributed by atoms with van der Waals surface area (Å²) in [4.78, 5) is 0. The number of nitrogens with one attached hydrogen (secondary N) is 1. The van der Waals surface area contributed by atoms with Crippen LogP contribution < -0.4 is 5.32 Å². The van der Waals surface area contributed by atoms with Gasteiger partial charge in [0.25, 0.3) is 0 Å². The first-order chi connectivity index (χ1) is 8.66. The van der Waals surface area contributed by atoms with Crippen LogP contribution in [0.15, 0.2) is 42.5 Å². The molecule has 0 aliphatic carbocycles. The maximum atomic E-state index is 13.5. The number of hydrogen-bond donors (Lipinski definition) is 1. The molecule has 0 fully saturated rings. The molecule has 4 heteroatoms. The zero-order valence-corrected chi connectivity index (χ0v) is 10.3. The summed E-state index contributed by atoms with van der Waals surface area (Å²) < 4.78 is 26.6. The van der Waals surface area contributed by atoms with Crippen molar-refractivity contribution >= 4 is 11.6 Å². The van der Waals surface area contributed by atoms with Crippen molar-refractivity contribution in [2.45, 2.75) is 13.1 Å². The Kier molecular flexibility index (Phi) is 4.28. The second-order valence-corrected chi connectivity index (χ2v) is 4.35. The standard InChI is InChI=1S/C14H12ClF2N/c15-12-7-13(16)11(6-14(12)17)9-18-8-10-4-2-1-3-5-10/h1-7,18H,8-9H2. The summed E-state index contributed by atoms with van der Waals surface area (Å²) in [6.45, 7) is 0.860. The summed E-state index contributed by atoms with van der Waals surface area (Å²) in [6, 6.07) is 11.8. The largest absolute Gasteiger partial charge is 0.309 e. The van der Waals surface area contributed by atoms with Crippen molar-refractivity contribution < 1.29 is 8.78 Å². The minimum absolute atomic E-state index is 0.195. The third kappa shape index (κ3) is 3.28. The fourth-order valence-corrected chi connectivity index (χ4v) is 1.79. The van der Waals surface area contributed by atoms with E-state index in [-0.39, 0.29) is 17.1 Å². The molecular weight excluding hydrogens is 256 g/mol. The molecule has 2 aromatic carbocycles. The highest BCUT2D eigenvalue weighted by Gasteiger charge is 2.07. The second kappa shape index (κ2) is 5.94. The highest BCUT2D eigenvalue weighted by molar-refractivity contribution is 6.30. The van der Waals surface area contributed by atoms with Gasteiger partial charge in [0.15, 0.2) is 0 Å². The molecule has 0 aromatic heterocycles. The van der Waals surface area contributed by atoms with Crippen molar-refractivity contribution in [1.29, 1.82) is 0 Å². The first-order valence-corrected chi connectivity index (χ1v) is 5.92. The molecule has 2 aromatic rings. The van der Waals surface area contributed by atoms with E-state index in [0.29, 0.717) is 6.54 Å². The third-order valence-electron chi connectivity index (χ3n) is 2.58. The van der Waals surface area contributed by atoms with Gasteiger partial charge in [0.05, 0.1) is 5.02 Å². The van der Waals surface area contributed by atoms with Crippen molar-refractivity contribution in [2.75, 3.05) is 0 Å². The number of hydrogen-bond acceptors (Lipinski definition) is 1. The topological polar surface area (TPSA) is 12.0 Å². The third-order valence-corrected chi connectivity index (χ3v) is 2.87. The van der Waals surface area contributed by atoms with E-state index in [4.69, 9.17) is 11.6 Å². The van der Waals surface area contributed by atoms with E-state index in [9.17, 15) is 8.78 Å². The van der Waals surface area contributed by atoms with Crippen molar-refractivity contribution in [3.8, 4) is 0 Å². The van der Waals surface area contributed by atoms with Crippen molar-refractivity contribution in [1.82, 2.24) is 5.32 Å². The van der Waals surface area contributed by atoms with Gasteiger partial charge in [-0.25, -0.2) is 8.78 Å². The van der Waals surface area contributed by atoms with Crippen LogP contribution in [0.4, 0.5) is 8.78 Å². The maximum Gasteiger partial charge on any atom is 0.142 e. The lowest BCUT2D eigenvalue weighted by molar-refractivity contribution is 0.569. The molecule has 1 nitrogen and oxygen atoms in total. The molecule has 0 saturated carbocycles. The molecule has 0 saturated heterocycles. The Morgan fingerprint density at radius 1 is 0.944 bits per heavy atom. The van der Waals surface area contributed by atoms with Gasteiger partial charge in [0.2, 0.25) is 0 Å². The van der Waals surface area contributed by atoms with Gasteiger partial charge in [-0.3, -0.25) is 0 Å². The first-order valence-electron chi connectivity index (χ1n) is 5.55. The summed E-state index contributed by atoms with van der Waals surface area (Å²) >= 11 is 5.48. The average Bonchev–Trinajstić information content (AvgIpc) is 2.37. The van der Waals surface area contributed by atoms with Crippen LogP contribution in [0.5, 0.6) is 0 Å². The van der Waals surface area contributed by atoms with E-state index in [0.717, 1.165) is 17.7 Å². The molecule has 0 amide bonds. The molecule has 18 heavy (non-hydrogen) atoms. The predicted octanol–water partition coefficient (Wildman–Crippen LogP) is 3.91. The molecular formula is C14H12ClF2N. The Balaban J connectivity index is 1.97. The normalized spacial score (nSPS) is 10.6. The highest BCUT2D eigenvalue weighted by atomic mass is 35.5. The minimum atomic E-state index is -0.602. The van der Waals surface area contributed by atoms with Crippen LogP contribution in [0.25, 0.3) is 0 Å². The molecule has 0 spiro atoms. The molecule has 0 radical (unpaired) electrons. The van der Waals surface area contributed by atoms with Gasteiger partial charge < -0.3 is 5.32 Å². The molecule has 0 aliphatic heterocycles. The summed E-state index contributed by atoms with van der Waals surface area (Å²) in [6.07, 6.45) is 0. The lowest BCUT2D eigenvalue weighted by Crippen LogP contribution is -2.14. The quantitative estimate of drug-likeness (QED) is 0.829. The van der Waals surface area contributed by atoms with Crippen LogP contribution in [0.3, 0.4) is 0 Å². The summed E-state index contributed by atoms with van der Waals surface area (Å²) in [7, 11) is 0. The van der Waals surface area contributed by atoms with Crippen LogP contribution in [-0.2, 0) is 13.1 Å².